The SMILES string of the molecule is CC(C)(C)OC(=O)N1CCC(c2[nH]c(-c3ccc(Cl)cc3)nc2-c2ncccn2)CC1. The number of carbonyl (C=O) groups is 1. The highest BCUT2D eigenvalue weighted by Crippen LogP contribution is 2.35. The van der Waals surface area contributed by atoms with Crippen molar-refractivity contribution in [3.05, 3.63) is 53.4 Å². The summed E-state index contributed by atoms with van der Waals surface area (Å²) < 4.78 is 5.52. The Morgan fingerprint density at radius 2 is 1.77 bits per heavy atom. The van der Waals surface area contributed by atoms with Crippen LogP contribution in [0, 0.1) is 0 Å². The van der Waals surface area contributed by atoms with Gasteiger partial charge in [-0.05, 0) is 63.9 Å². The molecule has 3 aromatic rings. The monoisotopic (exact) mass is 439 g/mol. The van der Waals surface area contributed by atoms with E-state index >= 15 is 0 Å². The first kappa shape index (κ1) is 21.3. The summed E-state index contributed by atoms with van der Waals surface area (Å²) in [5, 5.41) is 0.677. The lowest BCUT2D eigenvalue weighted by Gasteiger charge is -2.33. The number of piperidine rings is 1. The van der Waals surface area contributed by atoms with Gasteiger partial charge >= 0.3 is 6.09 Å². The van der Waals surface area contributed by atoms with E-state index in [-0.39, 0.29) is 12.0 Å². The van der Waals surface area contributed by atoms with Crippen LogP contribution in [0.25, 0.3) is 22.9 Å². The third kappa shape index (κ3) is 5.05. The normalized spacial score (nSPS) is 15.2. The number of nitrogens with one attached hydrogen (secondary N) is 1. The highest BCUT2D eigenvalue weighted by molar-refractivity contribution is 6.30. The van der Waals surface area contributed by atoms with Crippen molar-refractivity contribution in [1.82, 2.24) is 24.8 Å². The van der Waals surface area contributed by atoms with Gasteiger partial charge in [-0.15, -0.1) is 0 Å². The number of amides is 1. The lowest BCUT2D eigenvalue weighted by molar-refractivity contribution is 0.0204. The van der Waals surface area contributed by atoms with Gasteiger partial charge in [0.1, 0.15) is 17.1 Å². The molecule has 0 saturated carbocycles. The molecule has 31 heavy (non-hydrogen) atoms. The summed E-state index contributed by atoms with van der Waals surface area (Å²) in [6, 6.07) is 9.35. The first-order valence-corrected chi connectivity index (χ1v) is 10.8. The Labute approximate surface area is 186 Å². The van der Waals surface area contributed by atoms with E-state index in [0.717, 1.165) is 35.6 Å². The first-order valence-electron chi connectivity index (χ1n) is 10.4. The first-order chi connectivity index (χ1) is 14.8. The largest absolute Gasteiger partial charge is 0.444 e. The number of halogens is 1. The van der Waals surface area contributed by atoms with Crippen LogP contribution in [0.4, 0.5) is 4.79 Å². The number of hydrogen-bond donors (Lipinski definition) is 1. The van der Waals surface area contributed by atoms with Crippen LogP contribution in [0.3, 0.4) is 0 Å². The summed E-state index contributed by atoms with van der Waals surface area (Å²) in [4.78, 5) is 31.3. The molecular formula is C23H26ClN5O2. The highest BCUT2D eigenvalue weighted by atomic mass is 35.5. The number of ether oxygens (including phenoxy) is 1. The zero-order valence-corrected chi connectivity index (χ0v) is 18.7. The van der Waals surface area contributed by atoms with Gasteiger partial charge in [0.2, 0.25) is 0 Å². The molecule has 1 N–H and O–H groups in total. The van der Waals surface area contributed by atoms with Crippen LogP contribution in [-0.4, -0.2) is 49.6 Å². The van der Waals surface area contributed by atoms with Gasteiger partial charge < -0.3 is 14.6 Å². The molecule has 2 aromatic heterocycles. The minimum atomic E-state index is -0.497. The quantitative estimate of drug-likeness (QED) is 0.598. The van der Waals surface area contributed by atoms with Gasteiger partial charge in [-0.1, -0.05) is 11.6 Å². The van der Waals surface area contributed by atoms with E-state index < -0.39 is 5.60 Å². The molecule has 1 amide bonds. The van der Waals surface area contributed by atoms with Gasteiger partial charge in [0, 0.05) is 47.7 Å². The van der Waals surface area contributed by atoms with Gasteiger partial charge in [-0.25, -0.2) is 19.7 Å². The van der Waals surface area contributed by atoms with Crippen molar-refractivity contribution in [3.8, 4) is 22.9 Å². The summed E-state index contributed by atoms with van der Waals surface area (Å²) in [6.07, 6.45) is 4.79. The fraction of sp³-hybridized carbons (Fsp3) is 0.391. The van der Waals surface area contributed by atoms with Crippen LogP contribution in [-0.2, 0) is 4.74 Å². The predicted octanol–water partition coefficient (Wildman–Crippen LogP) is 5.30. The van der Waals surface area contributed by atoms with Crippen molar-refractivity contribution in [3.63, 3.8) is 0 Å². The lowest BCUT2D eigenvalue weighted by atomic mass is 9.92. The number of hydrogen-bond acceptors (Lipinski definition) is 5. The van der Waals surface area contributed by atoms with Crippen molar-refractivity contribution in [2.24, 2.45) is 0 Å². The number of benzene rings is 1. The Morgan fingerprint density at radius 1 is 1.13 bits per heavy atom. The van der Waals surface area contributed by atoms with E-state index in [1.165, 1.54) is 0 Å². The van der Waals surface area contributed by atoms with Gasteiger partial charge in [0.15, 0.2) is 5.82 Å². The molecule has 0 atom stereocenters. The molecule has 0 unspecified atom stereocenters. The standard InChI is InChI=1S/C23H26ClN5O2/c1-23(2,3)31-22(30)29-13-9-15(10-14-29)18-19(21-25-11-4-12-26-21)28-20(27-18)16-5-7-17(24)8-6-16/h4-8,11-12,15H,9-10,13-14H2,1-3H3,(H,27,28). The smallest absolute Gasteiger partial charge is 0.410 e. The van der Waals surface area contributed by atoms with E-state index in [1.807, 2.05) is 45.0 Å². The second-order valence-corrected chi connectivity index (χ2v) is 9.11. The summed E-state index contributed by atoms with van der Waals surface area (Å²) >= 11 is 6.04. The highest BCUT2D eigenvalue weighted by Gasteiger charge is 2.30. The molecule has 162 valence electrons. The van der Waals surface area contributed by atoms with Crippen molar-refractivity contribution < 1.29 is 9.53 Å². The molecule has 1 aliphatic heterocycles. The van der Waals surface area contributed by atoms with E-state index in [2.05, 4.69) is 15.0 Å². The Balaban J connectivity index is 1.59. The van der Waals surface area contributed by atoms with Gasteiger partial charge in [0.05, 0.1) is 0 Å². The number of H-pyrrole nitrogens is 1. The molecule has 0 radical (unpaired) electrons. The number of likely N-dealkylation sites (tertiary alicyclic amines) is 1. The number of nitrogens with zero attached hydrogens (tertiary/aromatic N) is 4. The number of rotatable bonds is 3. The molecule has 3 heterocycles. The second kappa shape index (κ2) is 8.67. The molecule has 1 saturated heterocycles. The third-order valence-electron chi connectivity index (χ3n) is 5.18. The molecule has 0 spiro atoms. The second-order valence-electron chi connectivity index (χ2n) is 8.67. The summed E-state index contributed by atoms with van der Waals surface area (Å²) in [5.41, 5.74) is 2.20. The van der Waals surface area contributed by atoms with E-state index in [4.69, 9.17) is 21.3 Å². The lowest BCUT2D eigenvalue weighted by Crippen LogP contribution is -2.41. The Kier molecular flexibility index (Phi) is 5.96. The average molecular weight is 440 g/mol. The maximum atomic E-state index is 12.4. The molecule has 0 aliphatic carbocycles. The molecule has 1 aromatic carbocycles. The van der Waals surface area contributed by atoms with Crippen molar-refractivity contribution >= 4 is 17.7 Å². The Morgan fingerprint density at radius 3 is 2.39 bits per heavy atom. The van der Waals surface area contributed by atoms with Crippen LogP contribution in [0.5, 0.6) is 0 Å². The minimum absolute atomic E-state index is 0.214. The molecule has 4 rings (SSSR count). The maximum absolute atomic E-state index is 12.4. The zero-order chi connectivity index (χ0) is 22.0. The number of carbonyl (C=O) groups excluding carboxylic acids is 1. The number of imidazole rings is 1. The Hall–Kier alpha value is -2.93. The fourth-order valence-electron chi connectivity index (χ4n) is 3.70. The van der Waals surface area contributed by atoms with E-state index in [9.17, 15) is 4.79 Å². The molecule has 8 heteroatoms. The van der Waals surface area contributed by atoms with Crippen LogP contribution in [0.1, 0.15) is 45.2 Å². The maximum Gasteiger partial charge on any atom is 0.410 e. The molecule has 7 nitrogen and oxygen atoms in total. The summed E-state index contributed by atoms with van der Waals surface area (Å²) in [7, 11) is 0. The Bertz CT molecular complexity index is 1040. The predicted molar refractivity (Wildman–Crippen MR) is 120 cm³/mol. The van der Waals surface area contributed by atoms with Crippen molar-refractivity contribution in [2.45, 2.75) is 45.1 Å². The van der Waals surface area contributed by atoms with Crippen molar-refractivity contribution in [2.75, 3.05) is 13.1 Å². The fourth-order valence-corrected chi connectivity index (χ4v) is 3.82. The summed E-state index contributed by atoms with van der Waals surface area (Å²) in [6.45, 7) is 6.90. The van der Waals surface area contributed by atoms with Crippen LogP contribution >= 0.6 is 11.6 Å². The van der Waals surface area contributed by atoms with Crippen molar-refractivity contribution in [1.29, 1.82) is 0 Å². The van der Waals surface area contributed by atoms with Gasteiger partial charge in [-0.3, -0.25) is 0 Å². The topological polar surface area (TPSA) is 84.0 Å². The zero-order valence-electron chi connectivity index (χ0n) is 17.9. The molecule has 1 aliphatic rings. The molecule has 0 bridgehead atoms. The van der Waals surface area contributed by atoms with Crippen LogP contribution < -0.4 is 0 Å². The number of aromatic amines is 1. The number of aromatic nitrogens is 4. The average Bonchev–Trinajstić information content (AvgIpc) is 3.19. The van der Waals surface area contributed by atoms with Crippen LogP contribution in [0.2, 0.25) is 5.02 Å². The van der Waals surface area contributed by atoms with E-state index in [0.29, 0.717) is 23.9 Å². The van der Waals surface area contributed by atoms with Gasteiger partial charge in [-0.2, -0.15) is 0 Å². The molecule has 1 fully saturated rings. The van der Waals surface area contributed by atoms with Crippen LogP contribution in [0.15, 0.2) is 42.7 Å². The third-order valence-corrected chi connectivity index (χ3v) is 5.43. The van der Waals surface area contributed by atoms with Gasteiger partial charge in [0.25, 0.3) is 0 Å². The molecular weight excluding hydrogens is 414 g/mol. The minimum Gasteiger partial charge on any atom is -0.444 e. The summed E-state index contributed by atoms with van der Waals surface area (Å²) in [5.74, 6) is 1.55. The van der Waals surface area contributed by atoms with E-state index in [1.54, 1.807) is 23.4 Å².